The number of hydrogen-bond acceptors (Lipinski definition) is 4. The second-order valence-electron chi connectivity index (χ2n) is 4.66. The van der Waals surface area contributed by atoms with Crippen molar-refractivity contribution in [1.29, 1.82) is 0 Å². The molecule has 0 unspecified atom stereocenters. The molecular weight excluding hydrogens is 252 g/mol. The summed E-state index contributed by atoms with van der Waals surface area (Å²) in [6.07, 6.45) is 1.04. The fraction of sp³-hybridized carbons (Fsp3) is 0.750. The van der Waals surface area contributed by atoms with Crippen LogP contribution < -0.4 is 5.73 Å². The summed E-state index contributed by atoms with van der Waals surface area (Å²) in [5.74, 6) is 0. The maximum Gasteiger partial charge on any atom is 0.131 e. The molecule has 0 amide bonds. The molecule has 1 aliphatic rings. The second-order valence-corrected chi connectivity index (χ2v) is 5.01. The summed E-state index contributed by atoms with van der Waals surface area (Å²) in [5.41, 5.74) is 7.87. The van der Waals surface area contributed by atoms with Crippen molar-refractivity contribution in [2.75, 3.05) is 26.2 Å². The van der Waals surface area contributed by atoms with Gasteiger partial charge in [-0.15, -0.1) is 0 Å². The van der Waals surface area contributed by atoms with Crippen LogP contribution in [-0.4, -0.2) is 47.0 Å². The van der Waals surface area contributed by atoms with Gasteiger partial charge in [0, 0.05) is 38.8 Å². The van der Waals surface area contributed by atoms with Crippen LogP contribution in [0, 0.1) is 0 Å². The highest BCUT2D eigenvalue weighted by atomic mass is 35.5. The second kappa shape index (κ2) is 6.02. The molecule has 18 heavy (non-hydrogen) atoms. The molecule has 0 saturated carbocycles. The Morgan fingerprint density at radius 1 is 1.56 bits per heavy atom. The number of hydrogen-bond donors (Lipinski definition) is 1. The van der Waals surface area contributed by atoms with Crippen LogP contribution in [0.5, 0.6) is 0 Å². The number of nitrogens with zero attached hydrogens (tertiary/aromatic N) is 3. The molecule has 1 aromatic rings. The van der Waals surface area contributed by atoms with Gasteiger partial charge in [-0.3, -0.25) is 9.58 Å². The van der Waals surface area contributed by atoms with E-state index in [4.69, 9.17) is 22.1 Å². The Kier molecular flexibility index (Phi) is 4.61. The lowest BCUT2D eigenvalue weighted by molar-refractivity contribution is -0.0261. The van der Waals surface area contributed by atoms with Crippen LogP contribution in [-0.2, 0) is 24.8 Å². The Bertz CT molecular complexity index is 407. The van der Waals surface area contributed by atoms with E-state index in [0.29, 0.717) is 6.54 Å². The SMILES string of the molecule is CCc1nn(C)c(Cl)c1CN1CCO[C@@H](CN)C1. The zero-order chi connectivity index (χ0) is 13.1. The van der Waals surface area contributed by atoms with E-state index in [0.717, 1.165) is 49.1 Å². The Labute approximate surface area is 113 Å². The van der Waals surface area contributed by atoms with Crippen molar-refractivity contribution in [2.45, 2.75) is 26.0 Å². The van der Waals surface area contributed by atoms with E-state index in [-0.39, 0.29) is 6.10 Å². The number of aryl methyl sites for hydroxylation is 2. The van der Waals surface area contributed by atoms with Crippen molar-refractivity contribution in [3.05, 3.63) is 16.4 Å². The summed E-state index contributed by atoms with van der Waals surface area (Å²) in [6, 6.07) is 0. The average molecular weight is 273 g/mol. The van der Waals surface area contributed by atoms with Crippen molar-refractivity contribution < 1.29 is 4.74 Å². The minimum Gasteiger partial charge on any atom is -0.374 e. The van der Waals surface area contributed by atoms with Gasteiger partial charge in [0.05, 0.1) is 18.4 Å². The molecule has 0 aromatic carbocycles. The van der Waals surface area contributed by atoms with Crippen LogP contribution in [0.1, 0.15) is 18.2 Å². The van der Waals surface area contributed by atoms with Gasteiger partial charge in [0.25, 0.3) is 0 Å². The number of halogens is 1. The van der Waals surface area contributed by atoms with Crippen LogP contribution in [0.3, 0.4) is 0 Å². The first-order valence-corrected chi connectivity index (χ1v) is 6.77. The molecule has 2 rings (SSSR count). The van der Waals surface area contributed by atoms with Gasteiger partial charge in [-0.2, -0.15) is 5.10 Å². The van der Waals surface area contributed by atoms with Crippen LogP contribution in [0.2, 0.25) is 5.15 Å². The third-order valence-corrected chi connectivity index (χ3v) is 3.83. The number of aromatic nitrogens is 2. The summed E-state index contributed by atoms with van der Waals surface area (Å²) >= 11 is 6.30. The fourth-order valence-corrected chi connectivity index (χ4v) is 2.54. The molecule has 6 heteroatoms. The Morgan fingerprint density at radius 3 is 3.00 bits per heavy atom. The molecule has 1 aliphatic heterocycles. The highest BCUT2D eigenvalue weighted by Crippen LogP contribution is 2.22. The van der Waals surface area contributed by atoms with Crippen molar-refractivity contribution in [3.8, 4) is 0 Å². The van der Waals surface area contributed by atoms with Crippen LogP contribution >= 0.6 is 11.6 Å². The number of morpholine rings is 1. The van der Waals surface area contributed by atoms with Crippen LogP contribution in [0.25, 0.3) is 0 Å². The molecule has 0 bridgehead atoms. The molecule has 1 atom stereocenters. The first-order chi connectivity index (χ1) is 8.65. The minimum atomic E-state index is 0.138. The minimum absolute atomic E-state index is 0.138. The molecule has 2 heterocycles. The fourth-order valence-electron chi connectivity index (χ4n) is 2.33. The highest BCUT2D eigenvalue weighted by Gasteiger charge is 2.22. The number of nitrogens with two attached hydrogens (primary N) is 1. The predicted octanol–water partition coefficient (Wildman–Crippen LogP) is 0.795. The highest BCUT2D eigenvalue weighted by molar-refractivity contribution is 6.30. The zero-order valence-corrected chi connectivity index (χ0v) is 11.8. The predicted molar refractivity (Wildman–Crippen MR) is 71.7 cm³/mol. The molecule has 0 radical (unpaired) electrons. The molecule has 1 saturated heterocycles. The molecular formula is C12H21ClN4O. The van der Waals surface area contributed by atoms with Crippen molar-refractivity contribution >= 4 is 11.6 Å². The lowest BCUT2D eigenvalue weighted by Gasteiger charge is -2.32. The molecule has 5 nitrogen and oxygen atoms in total. The Hall–Kier alpha value is -0.620. The maximum absolute atomic E-state index is 6.30. The van der Waals surface area contributed by atoms with Gasteiger partial charge >= 0.3 is 0 Å². The topological polar surface area (TPSA) is 56.3 Å². The maximum atomic E-state index is 6.30. The zero-order valence-electron chi connectivity index (χ0n) is 11.0. The summed E-state index contributed by atoms with van der Waals surface area (Å²) in [6.45, 7) is 6.02. The lowest BCUT2D eigenvalue weighted by Crippen LogP contribution is -2.45. The first-order valence-electron chi connectivity index (χ1n) is 6.40. The normalized spacial score (nSPS) is 21.4. The quantitative estimate of drug-likeness (QED) is 0.881. The molecule has 0 spiro atoms. The van der Waals surface area contributed by atoms with Crippen LogP contribution in [0.15, 0.2) is 0 Å². The molecule has 102 valence electrons. The third-order valence-electron chi connectivity index (χ3n) is 3.35. The van der Waals surface area contributed by atoms with E-state index in [9.17, 15) is 0 Å². The largest absolute Gasteiger partial charge is 0.374 e. The van der Waals surface area contributed by atoms with Crippen molar-refractivity contribution in [2.24, 2.45) is 12.8 Å². The van der Waals surface area contributed by atoms with Gasteiger partial charge in [0.15, 0.2) is 0 Å². The van der Waals surface area contributed by atoms with Gasteiger partial charge < -0.3 is 10.5 Å². The molecule has 0 aliphatic carbocycles. The first kappa shape index (κ1) is 13.8. The number of rotatable bonds is 4. The van der Waals surface area contributed by atoms with Gasteiger partial charge in [-0.25, -0.2) is 0 Å². The standard InChI is InChI=1S/C12H21ClN4O/c1-3-11-10(12(13)16(2)15-11)8-17-4-5-18-9(6-14)7-17/h9H,3-8,14H2,1-2H3/t9-/m0/s1. The van der Waals surface area contributed by atoms with Crippen molar-refractivity contribution in [1.82, 2.24) is 14.7 Å². The molecule has 1 aromatic heterocycles. The number of ether oxygens (including phenoxy) is 1. The van der Waals surface area contributed by atoms with E-state index in [1.165, 1.54) is 0 Å². The molecule has 1 fully saturated rings. The summed E-state index contributed by atoms with van der Waals surface area (Å²) in [7, 11) is 1.88. The summed E-state index contributed by atoms with van der Waals surface area (Å²) < 4.78 is 7.31. The van der Waals surface area contributed by atoms with Crippen LogP contribution in [0.4, 0.5) is 0 Å². The van der Waals surface area contributed by atoms with Gasteiger partial charge in [0.1, 0.15) is 5.15 Å². The van der Waals surface area contributed by atoms with Gasteiger partial charge in [0.2, 0.25) is 0 Å². The van der Waals surface area contributed by atoms with Gasteiger partial charge in [-0.05, 0) is 6.42 Å². The monoisotopic (exact) mass is 272 g/mol. The van der Waals surface area contributed by atoms with E-state index >= 15 is 0 Å². The smallest absolute Gasteiger partial charge is 0.131 e. The molecule has 2 N–H and O–H groups in total. The average Bonchev–Trinajstić information content (AvgIpc) is 2.67. The van der Waals surface area contributed by atoms with E-state index in [1.54, 1.807) is 4.68 Å². The summed E-state index contributed by atoms with van der Waals surface area (Å²) in [5, 5.41) is 5.17. The van der Waals surface area contributed by atoms with Gasteiger partial charge in [-0.1, -0.05) is 18.5 Å². The lowest BCUT2D eigenvalue weighted by atomic mass is 10.1. The van der Waals surface area contributed by atoms with E-state index in [2.05, 4.69) is 16.9 Å². The Balaban J connectivity index is 2.08. The van der Waals surface area contributed by atoms with Crippen molar-refractivity contribution in [3.63, 3.8) is 0 Å². The third kappa shape index (κ3) is 2.85. The van der Waals surface area contributed by atoms with E-state index in [1.807, 2.05) is 7.05 Å². The van der Waals surface area contributed by atoms with E-state index < -0.39 is 0 Å². The summed E-state index contributed by atoms with van der Waals surface area (Å²) in [4.78, 5) is 2.34. The Morgan fingerprint density at radius 2 is 2.33 bits per heavy atom.